The van der Waals surface area contributed by atoms with Gasteiger partial charge in [-0.15, -0.1) is 0 Å². The molecule has 0 bridgehead atoms. The van der Waals surface area contributed by atoms with Crippen molar-refractivity contribution in [3.05, 3.63) is 24.3 Å². The van der Waals surface area contributed by atoms with Crippen molar-refractivity contribution >= 4 is 17.9 Å². The van der Waals surface area contributed by atoms with Gasteiger partial charge in [-0.05, 0) is 44.9 Å². The lowest BCUT2D eigenvalue weighted by molar-refractivity contribution is -0.167. The Bertz CT molecular complexity index is 744. The van der Waals surface area contributed by atoms with Crippen LogP contribution in [0.15, 0.2) is 24.3 Å². The van der Waals surface area contributed by atoms with Crippen molar-refractivity contribution < 1.29 is 28.6 Å². The summed E-state index contributed by atoms with van der Waals surface area (Å²) in [5, 5.41) is 0. The minimum absolute atomic E-state index is 0.0746. The lowest BCUT2D eigenvalue weighted by atomic mass is 10.1. The van der Waals surface area contributed by atoms with Crippen molar-refractivity contribution in [2.24, 2.45) is 0 Å². The van der Waals surface area contributed by atoms with E-state index >= 15 is 0 Å². The SMILES string of the molecule is CCC/C=C\C/C=C\CCCCCCCC(=O)OCC(COC(=O)CCCCCCCCC)OC(=O)CCCCCCCCC. The third-order valence-corrected chi connectivity index (χ3v) is 7.94. The monoisotopic (exact) mass is 635 g/mol. The molecule has 0 amide bonds. The zero-order chi connectivity index (χ0) is 33.1. The average Bonchev–Trinajstić information content (AvgIpc) is 3.03. The van der Waals surface area contributed by atoms with E-state index in [1.54, 1.807) is 0 Å². The molecule has 0 N–H and O–H groups in total. The average molecular weight is 635 g/mol. The Morgan fingerprint density at radius 1 is 0.444 bits per heavy atom. The van der Waals surface area contributed by atoms with Crippen LogP contribution in [0.25, 0.3) is 0 Å². The number of hydrogen-bond acceptors (Lipinski definition) is 6. The number of allylic oxidation sites excluding steroid dienone is 4. The summed E-state index contributed by atoms with van der Waals surface area (Å²) in [6, 6.07) is 0. The largest absolute Gasteiger partial charge is 0.462 e. The van der Waals surface area contributed by atoms with Crippen LogP contribution in [0, 0.1) is 0 Å². The van der Waals surface area contributed by atoms with Gasteiger partial charge in [-0.2, -0.15) is 0 Å². The van der Waals surface area contributed by atoms with E-state index in [2.05, 4.69) is 45.1 Å². The Morgan fingerprint density at radius 3 is 1.31 bits per heavy atom. The standard InChI is InChI=1S/C39H70O6/c1-4-7-10-13-16-17-18-19-20-21-24-26-29-32-38(41)44-35-36(45-39(42)33-30-27-23-15-12-9-6-3)34-43-37(40)31-28-25-22-14-11-8-5-2/h10,13,17-18,36H,4-9,11-12,14-16,19-35H2,1-3H3/b13-10-,18-17-. The van der Waals surface area contributed by atoms with E-state index in [9.17, 15) is 14.4 Å². The van der Waals surface area contributed by atoms with Crippen molar-refractivity contribution in [2.45, 2.75) is 194 Å². The summed E-state index contributed by atoms with van der Waals surface area (Å²) >= 11 is 0. The number of unbranched alkanes of at least 4 members (excludes halogenated alkanes) is 18. The molecular formula is C39H70O6. The zero-order valence-corrected chi connectivity index (χ0v) is 29.6. The predicted octanol–water partition coefficient (Wildman–Crippen LogP) is 11.3. The fraction of sp³-hybridized carbons (Fsp3) is 0.821. The van der Waals surface area contributed by atoms with Gasteiger partial charge in [0.15, 0.2) is 6.10 Å². The number of carbonyl (C=O) groups is 3. The Hall–Kier alpha value is -2.11. The van der Waals surface area contributed by atoms with Crippen molar-refractivity contribution in [3.63, 3.8) is 0 Å². The van der Waals surface area contributed by atoms with Gasteiger partial charge < -0.3 is 14.2 Å². The maximum atomic E-state index is 12.5. The molecular weight excluding hydrogens is 564 g/mol. The van der Waals surface area contributed by atoms with E-state index in [4.69, 9.17) is 14.2 Å². The molecule has 262 valence electrons. The third kappa shape index (κ3) is 33.1. The Labute approximate surface area is 277 Å². The molecule has 1 atom stereocenters. The summed E-state index contributed by atoms with van der Waals surface area (Å²) in [6.07, 6.45) is 34.7. The normalized spacial score (nSPS) is 12.2. The fourth-order valence-corrected chi connectivity index (χ4v) is 5.07. The van der Waals surface area contributed by atoms with Crippen molar-refractivity contribution in [2.75, 3.05) is 13.2 Å². The van der Waals surface area contributed by atoms with E-state index < -0.39 is 6.10 Å². The fourth-order valence-electron chi connectivity index (χ4n) is 5.07. The highest BCUT2D eigenvalue weighted by atomic mass is 16.6. The van der Waals surface area contributed by atoms with Gasteiger partial charge in [0.1, 0.15) is 13.2 Å². The Kier molecular flexibility index (Phi) is 33.1. The molecule has 0 rings (SSSR count). The highest BCUT2D eigenvalue weighted by molar-refractivity contribution is 5.71. The third-order valence-electron chi connectivity index (χ3n) is 7.94. The number of rotatable bonds is 33. The summed E-state index contributed by atoms with van der Waals surface area (Å²) in [4.78, 5) is 37.2. The first kappa shape index (κ1) is 42.9. The first-order valence-corrected chi connectivity index (χ1v) is 18.8. The Balaban J connectivity index is 4.32. The number of hydrogen-bond donors (Lipinski definition) is 0. The second kappa shape index (κ2) is 34.8. The molecule has 0 aromatic rings. The van der Waals surface area contributed by atoms with Crippen LogP contribution in [0.2, 0.25) is 0 Å². The molecule has 0 aliphatic heterocycles. The van der Waals surface area contributed by atoms with Crippen LogP contribution in [0.5, 0.6) is 0 Å². The highest BCUT2D eigenvalue weighted by Gasteiger charge is 2.19. The number of ether oxygens (including phenoxy) is 3. The molecule has 45 heavy (non-hydrogen) atoms. The van der Waals surface area contributed by atoms with E-state index in [1.165, 1.54) is 64.2 Å². The minimum Gasteiger partial charge on any atom is -0.462 e. The van der Waals surface area contributed by atoms with E-state index in [0.29, 0.717) is 19.3 Å². The molecule has 1 unspecified atom stereocenters. The van der Waals surface area contributed by atoms with Crippen LogP contribution in [0.3, 0.4) is 0 Å². The number of carbonyl (C=O) groups excluding carboxylic acids is 3. The van der Waals surface area contributed by atoms with Gasteiger partial charge in [0.2, 0.25) is 0 Å². The number of esters is 3. The first-order chi connectivity index (χ1) is 22.0. The van der Waals surface area contributed by atoms with Crippen LogP contribution in [-0.2, 0) is 28.6 Å². The Morgan fingerprint density at radius 2 is 0.844 bits per heavy atom. The van der Waals surface area contributed by atoms with E-state index in [0.717, 1.165) is 83.5 Å². The quantitative estimate of drug-likeness (QED) is 0.0309. The summed E-state index contributed by atoms with van der Waals surface area (Å²) in [6.45, 7) is 6.44. The molecule has 0 aliphatic carbocycles. The van der Waals surface area contributed by atoms with Crippen LogP contribution >= 0.6 is 0 Å². The second-order valence-electron chi connectivity index (χ2n) is 12.5. The van der Waals surface area contributed by atoms with Gasteiger partial charge in [0.05, 0.1) is 0 Å². The molecule has 0 aliphatic rings. The zero-order valence-electron chi connectivity index (χ0n) is 29.6. The summed E-state index contributed by atoms with van der Waals surface area (Å²) < 4.78 is 16.5. The topological polar surface area (TPSA) is 78.9 Å². The molecule has 0 heterocycles. The second-order valence-corrected chi connectivity index (χ2v) is 12.5. The predicted molar refractivity (Wildman–Crippen MR) is 187 cm³/mol. The molecule has 6 heteroatoms. The molecule has 6 nitrogen and oxygen atoms in total. The molecule has 0 fully saturated rings. The van der Waals surface area contributed by atoms with Crippen molar-refractivity contribution in [1.29, 1.82) is 0 Å². The lowest BCUT2D eigenvalue weighted by Crippen LogP contribution is -2.30. The van der Waals surface area contributed by atoms with Crippen LogP contribution < -0.4 is 0 Å². The summed E-state index contributed by atoms with van der Waals surface area (Å²) in [5.74, 6) is -0.908. The highest BCUT2D eigenvalue weighted by Crippen LogP contribution is 2.12. The van der Waals surface area contributed by atoms with Crippen LogP contribution in [0.4, 0.5) is 0 Å². The first-order valence-electron chi connectivity index (χ1n) is 18.8. The smallest absolute Gasteiger partial charge is 0.306 e. The molecule has 0 aromatic heterocycles. The minimum atomic E-state index is -0.765. The molecule has 0 saturated heterocycles. The van der Waals surface area contributed by atoms with Crippen molar-refractivity contribution in [1.82, 2.24) is 0 Å². The molecule has 0 aromatic carbocycles. The van der Waals surface area contributed by atoms with Gasteiger partial charge in [-0.1, -0.05) is 148 Å². The maximum absolute atomic E-state index is 12.5. The summed E-state index contributed by atoms with van der Waals surface area (Å²) in [5.41, 5.74) is 0. The van der Waals surface area contributed by atoms with Crippen LogP contribution in [-0.4, -0.2) is 37.2 Å². The van der Waals surface area contributed by atoms with Gasteiger partial charge in [0.25, 0.3) is 0 Å². The molecule has 0 saturated carbocycles. The van der Waals surface area contributed by atoms with Gasteiger partial charge >= 0.3 is 17.9 Å². The van der Waals surface area contributed by atoms with Gasteiger partial charge in [-0.3, -0.25) is 14.4 Å². The molecule has 0 spiro atoms. The molecule has 0 radical (unpaired) electrons. The van der Waals surface area contributed by atoms with E-state index in [1.807, 2.05) is 0 Å². The summed E-state index contributed by atoms with van der Waals surface area (Å²) in [7, 11) is 0. The maximum Gasteiger partial charge on any atom is 0.306 e. The lowest BCUT2D eigenvalue weighted by Gasteiger charge is -2.18. The van der Waals surface area contributed by atoms with Crippen molar-refractivity contribution in [3.8, 4) is 0 Å². The van der Waals surface area contributed by atoms with Gasteiger partial charge in [0, 0.05) is 19.3 Å². The van der Waals surface area contributed by atoms with E-state index in [-0.39, 0.29) is 31.1 Å². The van der Waals surface area contributed by atoms with Crippen LogP contribution in [0.1, 0.15) is 188 Å². The van der Waals surface area contributed by atoms with Gasteiger partial charge in [-0.25, -0.2) is 0 Å².